The Hall–Kier alpha value is -1.06. The number of nitrogens with zero attached hydrogens (tertiary/aromatic N) is 1. The molecule has 2 aliphatic heterocycles. The maximum absolute atomic E-state index is 5.75. The second-order valence-electron chi connectivity index (χ2n) is 6.33. The molecule has 2 aliphatic rings. The van der Waals surface area contributed by atoms with Gasteiger partial charge in [0.25, 0.3) is 0 Å². The maximum Gasteiger partial charge on any atom is 0.0699 e. The van der Waals surface area contributed by atoms with Gasteiger partial charge in [0.15, 0.2) is 0 Å². The van der Waals surface area contributed by atoms with E-state index in [-0.39, 0.29) is 0 Å². The molecule has 3 nitrogen and oxygen atoms in total. The van der Waals surface area contributed by atoms with E-state index in [2.05, 4.69) is 34.5 Å². The monoisotopic (exact) mass is 288 g/mol. The van der Waals surface area contributed by atoms with Crippen molar-refractivity contribution in [2.45, 2.75) is 51.2 Å². The van der Waals surface area contributed by atoms with Gasteiger partial charge in [0.05, 0.1) is 6.10 Å². The molecule has 0 spiro atoms. The average molecular weight is 288 g/mol. The molecule has 3 heteroatoms. The summed E-state index contributed by atoms with van der Waals surface area (Å²) in [5.74, 6) is 0. The largest absolute Gasteiger partial charge is 0.377 e. The summed E-state index contributed by atoms with van der Waals surface area (Å²) in [4.78, 5) is 2.51. The Morgan fingerprint density at radius 1 is 1.00 bits per heavy atom. The molecule has 1 aromatic rings. The van der Waals surface area contributed by atoms with E-state index in [1.807, 2.05) is 0 Å². The third-order valence-electron chi connectivity index (χ3n) is 4.63. The lowest BCUT2D eigenvalue weighted by Gasteiger charge is -2.29. The molecule has 0 aliphatic carbocycles. The first kappa shape index (κ1) is 14.9. The summed E-state index contributed by atoms with van der Waals surface area (Å²) in [5, 5.41) is 3.53. The van der Waals surface area contributed by atoms with Crippen LogP contribution in [0.25, 0.3) is 0 Å². The number of ether oxygens (including phenoxy) is 1. The maximum atomic E-state index is 5.75. The van der Waals surface area contributed by atoms with Gasteiger partial charge in [0.2, 0.25) is 0 Å². The van der Waals surface area contributed by atoms with E-state index in [1.165, 1.54) is 62.9 Å². The van der Waals surface area contributed by atoms with Gasteiger partial charge in [-0.05, 0) is 56.2 Å². The highest BCUT2D eigenvalue weighted by atomic mass is 16.5. The minimum Gasteiger partial charge on any atom is -0.377 e. The minimum absolute atomic E-state index is 0.423. The Morgan fingerprint density at radius 3 is 2.52 bits per heavy atom. The standard InChI is InChI=1S/C18H28N2O/c1-3-11-20(12-4-1)17-9-7-16(8-10-17)14-19-15-18-6-2-5-13-21-18/h7-10,18-19H,1-6,11-15H2. The smallest absolute Gasteiger partial charge is 0.0699 e. The van der Waals surface area contributed by atoms with Crippen molar-refractivity contribution in [2.24, 2.45) is 0 Å². The van der Waals surface area contributed by atoms with Gasteiger partial charge in [-0.15, -0.1) is 0 Å². The van der Waals surface area contributed by atoms with Crippen LogP contribution < -0.4 is 10.2 Å². The Labute approximate surface area is 128 Å². The zero-order valence-corrected chi connectivity index (χ0v) is 13.0. The second kappa shape index (κ2) is 7.81. The molecule has 1 N–H and O–H groups in total. The van der Waals surface area contributed by atoms with Crippen LogP contribution in [0.4, 0.5) is 5.69 Å². The quantitative estimate of drug-likeness (QED) is 0.899. The van der Waals surface area contributed by atoms with Crippen molar-refractivity contribution in [3.63, 3.8) is 0 Å². The lowest BCUT2D eigenvalue weighted by molar-refractivity contribution is 0.0168. The van der Waals surface area contributed by atoms with Crippen LogP contribution in [0.3, 0.4) is 0 Å². The molecule has 2 heterocycles. The number of anilines is 1. The molecule has 0 amide bonds. The van der Waals surface area contributed by atoms with E-state index in [0.717, 1.165) is 19.7 Å². The Balaban J connectivity index is 1.43. The number of rotatable bonds is 5. The molecule has 3 rings (SSSR count). The summed E-state index contributed by atoms with van der Waals surface area (Å²) in [5.41, 5.74) is 2.75. The molecule has 1 unspecified atom stereocenters. The predicted molar refractivity (Wildman–Crippen MR) is 87.8 cm³/mol. The van der Waals surface area contributed by atoms with Crippen LogP contribution in [-0.2, 0) is 11.3 Å². The summed E-state index contributed by atoms with van der Waals surface area (Å²) < 4.78 is 5.75. The van der Waals surface area contributed by atoms with Gasteiger partial charge in [-0.2, -0.15) is 0 Å². The van der Waals surface area contributed by atoms with Crippen LogP contribution in [0.1, 0.15) is 44.1 Å². The van der Waals surface area contributed by atoms with E-state index in [0.29, 0.717) is 6.10 Å². The van der Waals surface area contributed by atoms with Crippen molar-refractivity contribution < 1.29 is 4.74 Å². The number of benzene rings is 1. The summed E-state index contributed by atoms with van der Waals surface area (Å²) in [6, 6.07) is 9.08. The molecule has 21 heavy (non-hydrogen) atoms. The fraction of sp³-hybridized carbons (Fsp3) is 0.667. The Bertz CT molecular complexity index is 406. The van der Waals surface area contributed by atoms with Gasteiger partial charge in [-0.1, -0.05) is 12.1 Å². The molecule has 0 radical (unpaired) electrons. The lowest BCUT2D eigenvalue weighted by atomic mass is 10.1. The van der Waals surface area contributed by atoms with E-state index >= 15 is 0 Å². The molecular formula is C18H28N2O. The SMILES string of the molecule is c1cc(N2CCCCC2)ccc1CNCC1CCCCO1. The third kappa shape index (κ3) is 4.45. The zero-order valence-electron chi connectivity index (χ0n) is 13.0. The van der Waals surface area contributed by atoms with Gasteiger partial charge in [0.1, 0.15) is 0 Å². The number of nitrogens with one attached hydrogen (secondary N) is 1. The highest BCUT2D eigenvalue weighted by molar-refractivity contribution is 5.47. The van der Waals surface area contributed by atoms with Crippen LogP contribution in [-0.4, -0.2) is 32.3 Å². The van der Waals surface area contributed by atoms with Crippen molar-refractivity contribution >= 4 is 5.69 Å². The van der Waals surface area contributed by atoms with E-state index in [1.54, 1.807) is 0 Å². The second-order valence-corrected chi connectivity index (χ2v) is 6.33. The number of piperidine rings is 1. The van der Waals surface area contributed by atoms with E-state index in [9.17, 15) is 0 Å². The normalized spacial score (nSPS) is 23.2. The molecular weight excluding hydrogens is 260 g/mol. The lowest BCUT2D eigenvalue weighted by Crippen LogP contribution is -2.31. The van der Waals surface area contributed by atoms with Crippen LogP contribution >= 0.6 is 0 Å². The molecule has 0 saturated carbocycles. The van der Waals surface area contributed by atoms with Crippen LogP contribution in [0, 0.1) is 0 Å². The van der Waals surface area contributed by atoms with Crippen molar-refractivity contribution in [1.82, 2.24) is 5.32 Å². The van der Waals surface area contributed by atoms with Gasteiger partial charge in [-0.3, -0.25) is 0 Å². The first-order valence-corrected chi connectivity index (χ1v) is 8.58. The van der Waals surface area contributed by atoms with Crippen LogP contribution in [0.2, 0.25) is 0 Å². The topological polar surface area (TPSA) is 24.5 Å². The predicted octanol–water partition coefficient (Wildman–Crippen LogP) is 3.34. The molecule has 1 aromatic carbocycles. The van der Waals surface area contributed by atoms with Crippen molar-refractivity contribution in [1.29, 1.82) is 0 Å². The zero-order chi connectivity index (χ0) is 14.3. The van der Waals surface area contributed by atoms with Crippen LogP contribution in [0.15, 0.2) is 24.3 Å². The molecule has 2 fully saturated rings. The highest BCUT2D eigenvalue weighted by Crippen LogP contribution is 2.20. The van der Waals surface area contributed by atoms with Crippen molar-refractivity contribution in [3.05, 3.63) is 29.8 Å². The van der Waals surface area contributed by atoms with Gasteiger partial charge in [-0.25, -0.2) is 0 Å². The highest BCUT2D eigenvalue weighted by Gasteiger charge is 2.13. The summed E-state index contributed by atoms with van der Waals surface area (Å²) in [6.07, 6.45) is 8.25. The Kier molecular flexibility index (Phi) is 5.53. The fourth-order valence-electron chi connectivity index (χ4n) is 3.32. The molecule has 116 valence electrons. The average Bonchev–Trinajstić information content (AvgIpc) is 2.57. The van der Waals surface area contributed by atoms with Crippen molar-refractivity contribution in [3.8, 4) is 0 Å². The molecule has 2 saturated heterocycles. The summed E-state index contributed by atoms with van der Waals surface area (Å²) >= 11 is 0. The van der Waals surface area contributed by atoms with Gasteiger partial charge >= 0.3 is 0 Å². The molecule has 0 aromatic heterocycles. The fourth-order valence-corrected chi connectivity index (χ4v) is 3.32. The third-order valence-corrected chi connectivity index (χ3v) is 4.63. The van der Waals surface area contributed by atoms with E-state index < -0.39 is 0 Å². The van der Waals surface area contributed by atoms with Gasteiger partial charge < -0.3 is 15.0 Å². The summed E-state index contributed by atoms with van der Waals surface area (Å²) in [6.45, 7) is 5.30. The first-order chi connectivity index (χ1) is 10.4. The molecule has 1 atom stereocenters. The number of hydrogen-bond donors (Lipinski definition) is 1. The van der Waals surface area contributed by atoms with Crippen molar-refractivity contribution in [2.75, 3.05) is 31.1 Å². The van der Waals surface area contributed by atoms with Gasteiger partial charge in [0, 0.05) is 38.5 Å². The Morgan fingerprint density at radius 2 is 1.81 bits per heavy atom. The number of hydrogen-bond acceptors (Lipinski definition) is 3. The molecule has 0 bridgehead atoms. The first-order valence-electron chi connectivity index (χ1n) is 8.58. The van der Waals surface area contributed by atoms with Crippen LogP contribution in [0.5, 0.6) is 0 Å². The minimum atomic E-state index is 0.423. The van der Waals surface area contributed by atoms with E-state index in [4.69, 9.17) is 4.74 Å². The summed E-state index contributed by atoms with van der Waals surface area (Å²) in [7, 11) is 0.